The molecule has 8 nitrogen and oxygen atoms in total. The molecule has 0 aromatic heterocycles. The van der Waals surface area contributed by atoms with Gasteiger partial charge in [0.25, 0.3) is 11.6 Å². The van der Waals surface area contributed by atoms with Crippen molar-refractivity contribution in [2.45, 2.75) is 25.0 Å². The van der Waals surface area contributed by atoms with E-state index in [4.69, 9.17) is 9.47 Å². The number of nitrogens with zero attached hydrogens (tertiary/aromatic N) is 2. The molecule has 1 aromatic rings. The third-order valence-corrected chi connectivity index (χ3v) is 4.60. The lowest BCUT2D eigenvalue weighted by Crippen LogP contribution is -2.50. The highest BCUT2D eigenvalue weighted by Gasteiger charge is 2.32. The van der Waals surface area contributed by atoms with Gasteiger partial charge in [-0.15, -0.1) is 0 Å². The van der Waals surface area contributed by atoms with E-state index >= 15 is 0 Å². The van der Waals surface area contributed by atoms with E-state index in [9.17, 15) is 14.9 Å². The maximum atomic E-state index is 12.4. The number of benzene rings is 1. The summed E-state index contributed by atoms with van der Waals surface area (Å²) in [6, 6.07) is 4.62. The number of hydrogen-bond acceptors (Lipinski definition) is 6. The molecule has 0 saturated carbocycles. The number of nitrogens with one attached hydrogen (secondary N) is 1. The van der Waals surface area contributed by atoms with Crippen molar-refractivity contribution in [2.24, 2.45) is 0 Å². The Bertz CT molecular complexity index is 636. The average Bonchev–Trinajstić information content (AvgIpc) is 3.06. The second-order valence-corrected chi connectivity index (χ2v) is 6.10. The van der Waals surface area contributed by atoms with Crippen molar-refractivity contribution in [3.05, 3.63) is 33.9 Å². The zero-order valence-corrected chi connectivity index (χ0v) is 13.6. The predicted molar refractivity (Wildman–Crippen MR) is 86.3 cm³/mol. The summed E-state index contributed by atoms with van der Waals surface area (Å²) in [6.45, 7) is 2.86. The van der Waals surface area contributed by atoms with Crippen LogP contribution in [0.4, 0.5) is 5.69 Å². The standard InChI is InChI=1S/C16H21N3O5/c1-23-12-4-5-15(19(21)22)14(7-12)16(20)17-8-13-9-18-6-2-3-11(18)10-24-13/h4-5,7,11,13H,2-3,6,8-10H2,1H3,(H,17,20). The van der Waals surface area contributed by atoms with Gasteiger partial charge < -0.3 is 14.8 Å². The first-order valence-corrected chi connectivity index (χ1v) is 8.04. The van der Waals surface area contributed by atoms with Crippen molar-refractivity contribution in [3.8, 4) is 5.75 Å². The Kier molecular flexibility index (Phi) is 4.96. The van der Waals surface area contributed by atoms with Crippen LogP contribution in [0.15, 0.2) is 18.2 Å². The Morgan fingerprint density at radius 2 is 2.38 bits per heavy atom. The van der Waals surface area contributed by atoms with Crippen LogP contribution < -0.4 is 10.1 Å². The first kappa shape index (κ1) is 16.7. The molecule has 1 N–H and O–H groups in total. The zero-order valence-electron chi connectivity index (χ0n) is 13.6. The molecule has 2 saturated heterocycles. The fraction of sp³-hybridized carbons (Fsp3) is 0.562. The van der Waals surface area contributed by atoms with E-state index < -0.39 is 10.8 Å². The maximum Gasteiger partial charge on any atom is 0.282 e. The number of hydrogen-bond donors (Lipinski definition) is 1. The van der Waals surface area contributed by atoms with Crippen LogP contribution in [-0.4, -0.2) is 61.2 Å². The zero-order chi connectivity index (χ0) is 17.1. The smallest absolute Gasteiger partial charge is 0.282 e. The van der Waals surface area contributed by atoms with Gasteiger partial charge in [-0.2, -0.15) is 0 Å². The molecule has 1 aromatic carbocycles. The second-order valence-electron chi connectivity index (χ2n) is 6.10. The van der Waals surface area contributed by atoms with Gasteiger partial charge in [-0.25, -0.2) is 0 Å². The molecule has 8 heteroatoms. The molecule has 3 rings (SSSR count). The van der Waals surface area contributed by atoms with E-state index in [1.54, 1.807) is 0 Å². The number of rotatable bonds is 5. The van der Waals surface area contributed by atoms with Crippen LogP contribution in [0, 0.1) is 10.1 Å². The first-order chi connectivity index (χ1) is 11.6. The molecule has 2 unspecified atom stereocenters. The maximum absolute atomic E-state index is 12.4. The van der Waals surface area contributed by atoms with E-state index in [-0.39, 0.29) is 17.4 Å². The van der Waals surface area contributed by atoms with Gasteiger partial charge in [-0.05, 0) is 31.5 Å². The van der Waals surface area contributed by atoms with Crippen LogP contribution in [0.5, 0.6) is 5.75 Å². The van der Waals surface area contributed by atoms with E-state index in [0.29, 0.717) is 24.9 Å². The van der Waals surface area contributed by atoms with Crippen LogP contribution in [0.25, 0.3) is 0 Å². The highest BCUT2D eigenvalue weighted by molar-refractivity contribution is 5.98. The number of ether oxygens (including phenoxy) is 2. The van der Waals surface area contributed by atoms with Crippen molar-refractivity contribution in [3.63, 3.8) is 0 Å². The second kappa shape index (κ2) is 7.14. The number of morpholine rings is 1. The molecule has 2 fully saturated rings. The van der Waals surface area contributed by atoms with Gasteiger partial charge in [-0.3, -0.25) is 19.8 Å². The van der Waals surface area contributed by atoms with Crippen molar-refractivity contribution in [1.82, 2.24) is 10.2 Å². The highest BCUT2D eigenvalue weighted by atomic mass is 16.6. The van der Waals surface area contributed by atoms with Crippen LogP contribution >= 0.6 is 0 Å². The lowest BCUT2D eigenvalue weighted by Gasteiger charge is -2.35. The molecular formula is C16H21N3O5. The monoisotopic (exact) mass is 335 g/mol. The number of carbonyl (C=O) groups excluding carboxylic acids is 1. The number of methoxy groups -OCH3 is 1. The summed E-state index contributed by atoms with van der Waals surface area (Å²) in [5.74, 6) is -0.0904. The predicted octanol–water partition coefficient (Wildman–Crippen LogP) is 1.20. The fourth-order valence-corrected chi connectivity index (χ4v) is 3.29. The van der Waals surface area contributed by atoms with Gasteiger partial charge in [0.2, 0.25) is 0 Å². The van der Waals surface area contributed by atoms with Gasteiger partial charge in [0.05, 0.1) is 24.7 Å². The Labute approximate surface area is 139 Å². The summed E-state index contributed by atoms with van der Waals surface area (Å²) in [5, 5.41) is 13.9. The van der Waals surface area contributed by atoms with Crippen LogP contribution in [0.3, 0.4) is 0 Å². The normalized spacial score (nSPS) is 23.5. The van der Waals surface area contributed by atoms with Crippen molar-refractivity contribution >= 4 is 11.6 Å². The molecule has 130 valence electrons. The number of carbonyl (C=O) groups is 1. The minimum atomic E-state index is -0.569. The Morgan fingerprint density at radius 1 is 1.54 bits per heavy atom. The average molecular weight is 335 g/mol. The van der Waals surface area contributed by atoms with Gasteiger partial charge in [-0.1, -0.05) is 0 Å². The molecule has 0 radical (unpaired) electrons. The topological polar surface area (TPSA) is 93.9 Å². The van der Waals surface area contributed by atoms with E-state index in [1.807, 2.05) is 0 Å². The number of nitro groups is 1. The summed E-state index contributed by atoms with van der Waals surface area (Å²) >= 11 is 0. The summed E-state index contributed by atoms with van der Waals surface area (Å²) in [7, 11) is 1.45. The fourth-order valence-electron chi connectivity index (χ4n) is 3.29. The minimum absolute atomic E-state index is 0.00536. The molecule has 2 heterocycles. The van der Waals surface area contributed by atoms with Gasteiger partial charge in [0.15, 0.2) is 0 Å². The number of fused-ring (bicyclic) bond motifs is 1. The Hall–Kier alpha value is -2.19. The van der Waals surface area contributed by atoms with E-state index in [0.717, 1.165) is 19.5 Å². The third-order valence-electron chi connectivity index (χ3n) is 4.60. The molecule has 0 bridgehead atoms. The molecule has 0 spiro atoms. The molecule has 24 heavy (non-hydrogen) atoms. The largest absolute Gasteiger partial charge is 0.497 e. The molecule has 0 aliphatic carbocycles. The Morgan fingerprint density at radius 3 is 3.12 bits per heavy atom. The first-order valence-electron chi connectivity index (χ1n) is 8.04. The van der Waals surface area contributed by atoms with Crippen LogP contribution in [0.1, 0.15) is 23.2 Å². The van der Waals surface area contributed by atoms with Crippen LogP contribution in [0.2, 0.25) is 0 Å². The van der Waals surface area contributed by atoms with Crippen LogP contribution in [-0.2, 0) is 4.74 Å². The lowest BCUT2D eigenvalue weighted by molar-refractivity contribution is -0.385. The van der Waals surface area contributed by atoms with E-state index in [1.165, 1.54) is 31.7 Å². The quantitative estimate of drug-likeness (QED) is 0.642. The summed E-state index contributed by atoms with van der Waals surface area (Å²) in [4.78, 5) is 25.3. The summed E-state index contributed by atoms with van der Waals surface area (Å²) in [5.41, 5.74) is -0.244. The van der Waals surface area contributed by atoms with Gasteiger partial charge in [0, 0.05) is 25.2 Å². The SMILES string of the molecule is COc1ccc([N+](=O)[O-])c(C(=O)NCC2CN3CCCC3CO2)c1. The summed E-state index contributed by atoms with van der Waals surface area (Å²) < 4.78 is 10.8. The molecule has 2 aliphatic rings. The number of nitro benzene ring substituents is 1. The van der Waals surface area contributed by atoms with E-state index in [2.05, 4.69) is 10.2 Å². The molecule has 1 amide bonds. The molecule has 2 atom stereocenters. The third kappa shape index (κ3) is 3.49. The summed E-state index contributed by atoms with van der Waals surface area (Å²) in [6.07, 6.45) is 2.26. The van der Waals surface area contributed by atoms with Gasteiger partial charge >= 0.3 is 0 Å². The molecule has 2 aliphatic heterocycles. The van der Waals surface area contributed by atoms with Crippen molar-refractivity contribution in [2.75, 3.05) is 33.4 Å². The van der Waals surface area contributed by atoms with Crippen molar-refractivity contribution < 1.29 is 19.2 Å². The molecular weight excluding hydrogens is 314 g/mol. The number of amides is 1. The lowest BCUT2D eigenvalue weighted by atomic mass is 10.1. The van der Waals surface area contributed by atoms with Crippen molar-refractivity contribution in [1.29, 1.82) is 0 Å². The highest BCUT2D eigenvalue weighted by Crippen LogP contribution is 2.25. The minimum Gasteiger partial charge on any atom is -0.497 e. The Balaban J connectivity index is 1.63. The van der Waals surface area contributed by atoms with Gasteiger partial charge in [0.1, 0.15) is 11.3 Å².